The summed E-state index contributed by atoms with van der Waals surface area (Å²) in [6, 6.07) is 17.5. The van der Waals surface area contributed by atoms with Crippen molar-refractivity contribution in [2.24, 2.45) is 0 Å². The summed E-state index contributed by atoms with van der Waals surface area (Å²) in [7, 11) is 0. The van der Waals surface area contributed by atoms with Crippen molar-refractivity contribution in [2.75, 3.05) is 0 Å². The highest BCUT2D eigenvalue weighted by Gasteiger charge is 2.06. The van der Waals surface area contributed by atoms with Crippen LogP contribution < -0.4 is 5.32 Å². The van der Waals surface area contributed by atoms with Crippen molar-refractivity contribution in [1.29, 1.82) is 0 Å². The minimum absolute atomic E-state index is 0.0674. The smallest absolute Gasteiger partial charge is 0.251 e. The van der Waals surface area contributed by atoms with Gasteiger partial charge in [0.25, 0.3) is 5.91 Å². The normalized spacial score (nSPS) is 10.5. The van der Waals surface area contributed by atoms with Gasteiger partial charge in [-0.2, -0.15) is 0 Å². The zero-order valence-electron chi connectivity index (χ0n) is 11.8. The van der Waals surface area contributed by atoms with Gasteiger partial charge in [-0.05, 0) is 36.8 Å². The van der Waals surface area contributed by atoms with Crippen molar-refractivity contribution >= 4 is 16.8 Å². The van der Waals surface area contributed by atoms with Gasteiger partial charge in [-0.1, -0.05) is 35.9 Å². The molecule has 0 aliphatic carbocycles. The van der Waals surface area contributed by atoms with E-state index in [0.29, 0.717) is 12.1 Å². The molecule has 1 aromatic heterocycles. The van der Waals surface area contributed by atoms with E-state index in [9.17, 15) is 4.79 Å². The number of benzene rings is 2. The largest absolute Gasteiger partial charge is 0.348 e. The van der Waals surface area contributed by atoms with Gasteiger partial charge in [-0.25, -0.2) is 0 Å². The van der Waals surface area contributed by atoms with E-state index in [2.05, 4.69) is 16.4 Å². The van der Waals surface area contributed by atoms with E-state index in [1.165, 1.54) is 5.56 Å². The molecule has 2 aromatic carbocycles. The standard InChI is InChI=1S/C18H16N2O/c1-13-4-2-5-14(10-13)12-20-18(21)16-7-8-17-15(11-16)6-3-9-19-17/h2-11H,12H2,1H3,(H,20,21). The van der Waals surface area contributed by atoms with Crippen LogP contribution in [0.25, 0.3) is 10.9 Å². The number of pyridine rings is 1. The van der Waals surface area contributed by atoms with Crippen LogP contribution in [0.1, 0.15) is 21.5 Å². The predicted octanol–water partition coefficient (Wildman–Crippen LogP) is 3.47. The molecule has 0 saturated carbocycles. The van der Waals surface area contributed by atoms with Gasteiger partial charge in [0.1, 0.15) is 0 Å². The summed E-state index contributed by atoms with van der Waals surface area (Å²) < 4.78 is 0. The van der Waals surface area contributed by atoms with Gasteiger partial charge in [-0.15, -0.1) is 0 Å². The molecular formula is C18H16N2O. The summed E-state index contributed by atoms with van der Waals surface area (Å²) in [4.78, 5) is 16.5. The Bertz CT molecular complexity index is 796. The zero-order valence-corrected chi connectivity index (χ0v) is 11.8. The maximum atomic E-state index is 12.2. The van der Waals surface area contributed by atoms with Gasteiger partial charge < -0.3 is 5.32 Å². The Morgan fingerprint density at radius 1 is 1.10 bits per heavy atom. The summed E-state index contributed by atoms with van der Waals surface area (Å²) in [5, 5.41) is 3.92. The van der Waals surface area contributed by atoms with Gasteiger partial charge >= 0.3 is 0 Å². The quantitative estimate of drug-likeness (QED) is 0.796. The molecule has 0 atom stereocenters. The van der Waals surface area contributed by atoms with Crippen LogP contribution in [0.4, 0.5) is 0 Å². The molecule has 0 fully saturated rings. The Labute approximate surface area is 123 Å². The first kappa shape index (κ1) is 13.3. The summed E-state index contributed by atoms with van der Waals surface area (Å²) in [6.07, 6.45) is 1.75. The van der Waals surface area contributed by atoms with E-state index in [4.69, 9.17) is 0 Å². The van der Waals surface area contributed by atoms with Gasteiger partial charge in [-0.3, -0.25) is 9.78 Å². The molecule has 0 aliphatic heterocycles. The molecule has 1 heterocycles. The number of aryl methyl sites for hydroxylation is 1. The van der Waals surface area contributed by atoms with Crippen LogP contribution >= 0.6 is 0 Å². The predicted molar refractivity (Wildman–Crippen MR) is 84.1 cm³/mol. The van der Waals surface area contributed by atoms with Crippen molar-refractivity contribution in [3.8, 4) is 0 Å². The minimum atomic E-state index is -0.0674. The average molecular weight is 276 g/mol. The molecule has 0 spiro atoms. The maximum absolute atomic E-state index is 12.2. The number of nitrogens with one attached hydrogen (secondary N) is 1. The van der Waals surface area contributed by atoms with Crippen molar-refractivity contribution < 1.29 is 4.79 Å². The number of hydrogen-bond donors (Lipinski definition) is 1. The van der Waals surface area contributed by atoms with E-state index >= 15 is 0 Å². The molecule has 3 aromatic rings. The molecule has 0 saturated heterocycles. The van der Waals surface area contributed by atoms with Gasteiger partial charge in [0, 0.05) is 23.7 Å². The van der Waals surface area contributed by atoms with E-state index in [0.717, 1.165) is 16.5 Å². The monoisotopic (exact) mass is 276 g/mol. The first-order chi connectivity index (χ1) is 10.2. The average Bonchev–Trinajstić information content (AvgIpc) is 2.52. The third kappa shape index (κ3) is 3.08. The Hall–Kier alpha value is -2.68. The molecule has 0 aliphatic rings. The molecular weight excluding hydrogens is 260 g/mol. The van der Waals surface area contributed by atoms with Crippen molar-refractivity contribution in [1.82, 2.24) is 10.3 Å². The lowest BCUT2D eigenvalue weighted by molar-refractivity contribution is 0.0951. The third-order valence-corrected chi connectivity index (χ3v) is 3.40. The summed E-state index contributed by atoms with van der Waals surface area (Å²) in [6.45, 7) is 2.58. The first-order valence-electron chi connectivity index (χ1n) is 6.91. The van der Waals surface area contributed by atoms with Gasteiger partial charge in [0.2, 0.25) is 0 Å². The van der Waals surface area contributed by atoms with Crippen LogP contribution in [0.15, 0.2) is 60.8 Å². The molecule has 21 heavy (non-hydrogen) atoms. The molecule has 3 nitrogen and oxygen atoms in total. The summed E-state index contributed by atoms with van der Waals surface area (Å²) in [5.74, 6) is -0.0674. The Morgan fingerprint density at radius 2 is 2.00 bits per heavy atom. The lowest BCUT2D eigenvalue weighted by Crippen LogP contribution is -2.22. The lowest BCUT2D eigenvalue weighted by Gasteiger charge is -2.07. The lowest BCUT2D eigenvalue weighted by atomic mass is 10.1. The summed E-state index contributed by atoms with van der Waals surface area (Å²) in [5.41, 5.74) is 3.85. The molecule has 3 heteroatoms. The Balaban J connectivity index is 1.74. The van der Waals surface area contributed by atoms with Crippen LogP contribution in [0.5, 0.6) is 0 Å². The highest BCUT2D eigenvalue weighted by molar-refractivity contribution is 5.97. The number of carbonyl (C=O) groups is 1. The van der Waals surface area contributed by atoms with E-state index in [1.54, 1.807) is 12.3 Å². The van der Waals surface area contributed by atoms with Crippen LogP contribution in [0.2, 0.25) is 0 Å². The Kier molecular flexibility index (Phi) is 3.65. The Morgan fingerprint density at radius 3 is 2.86 bits per heavy atom. The first-order valence-corrected chi connectivity index (χ1v) is 6.91. The molecule has 104 valence electrons. The minimum Gasteiger partial charge on any atom is -0.348 e. The molecule has 0 unspecified atom stereocenters. The highest BCUT2D eigenvalue weighted by Crippen LogP contribution is 2.13. The number of carbonyl (C=O) groups excluding carboxylic acids is 1. The molecule has 0 bridgehead atoms. The zero-order chi connectivity index (χ0) is 14.7. The second kappa shape index (κ2) is 5.75. The topological polar surface area (TPSA) is 42.0 Å². The second-order valence-corrected chi connectivity index (χ2v) is 5.08. The number of rotatable bonds is 3. The third-order valence-electron chi connectivity index (χ3n) is 3.40. The fourth-order valence-corrected chi connectivity index (χ4v) is 2.32. The summed E-state index contributed by atoms with van der Waals surface area (Å²) >= 11 is 0. The SMILES string of the molecule is Cc1cccc(CNC(=O)c2ccc3ncccc3c2)c1. The maximum Gasteiger partial charge on any atom is 0.251 e. The van der Waals surface area contributed by atoms with Crippen LogP contribution in [-0.2, 0) is 6.54 Å². The van der Waals surface area contributed by atoms with E-state index in [-0.39, 0.29) is 5.91 Å². The molecule has 1 amide bonds. The van der Waals surface area contributed by atoms with Crippen molar-refractivity contribution in [3.63, 3.8) is 0 Å². The number of nitrogens with zero attached hydrogens (tertiary/aromatic N) is 1. The van der Waals surface area contributed by atoms with Gasteiger partial charge in [0.15, 0.2) is 0 Å². The second-order valence-electron chi connectivity index (χ2n) is 5.08. The van der Waals surface area contributed by atoms with E-state index < -0.39 is 0 Å². The highest BCUT2D eigenvalue weighted by atomic mass is 16.1. The number of aromatic nitrogens is 1. The molecule has 0 radical (unpaired) electrons. The van der Waals surface area contributed by atoms with E-state index in [1.807, 2.05) is 49.4 Å². The number of fused-ring (bicyclic) bond motifs is 1. The fourth-order valence-electron chi connectivity index (χ4n) is 2.32. The molecule has 3 rings (SSSR count). The number of hydrogen-bond acceptors (Lipinski definition) is 2. The van der Waals surface area contributed by atoms with Crippen LogP contribution in [0.3, 0.4) is 0 Å². The fraction of sp³-hybridized carbons (Fsp3) is 0.111. The number of amides is 1. The van der Waals surface area contributed by atoms with Gasteiger partial charge in [0.05, 0.1) is 5.52 Å². The van der Waals surface area contributed by atoms with Crippen molar-refractivity contribution in [3.05, 3.63) is 77.5 Å². The van der Waals surface area contributed by atoms with Crippen LogP contribution in [0, 0.1) is 6.92 Å². The molecule has 1 N–H and O–H groups in total. The van der Waals surface area contributed by atoms with Crippen LogP contribution in [-0.4, -0.2) is 10.9 Å². The van der Waals surface area contributed by atoms with Crippen molar-refractivity contribution in [2.45, 2.75) is 13.5 Å².